The molecule has 4 rings (SSSR count). The van der Waals surface area contributed by atoms with Crippen LogP contribution in [0.25, 0.3) is 5.65 Å². The van der Waals surface area contributed by atoms with E-state index in [4.69, 9.17) is 23.2 Å². The smallest absolute Gasteiger partial charge is 0.286 e. The Bertz CT molecular complexity index is 965. The third kappa shape index (κ3) is 1.70. The Balaban J connectivity index is 1.91. The van der Waals surface area contributed by atoms with E-state index < -0.39 is 11.8 Å². The van der Waals surface area contributed by atoms with Gasteiger partial charge in [0.05, 0.1) is 10.7 Å². The van der Waals surface area contributed by atoms with Crippen LogP contribution >= 0.6 is 23.2 Å². The highest BCUT2D eigenvalue weighted by atomic mass is 35.5. The van der Waals surface area contributed by atoms with Crippen molar-refractivity contribution in [2.45, 2.75) is 0 Å². The Morgan fingerprint density at radius 1 is 1.00 bits per heavy atom. The van der Waals surface area contributed by atoms with Gasteiger partial charge in [-0.25, -0.2) is 9.88 Å². The zero-order chi connectivity index (χ0) is 15.4. The lowest BCUT2D eigenvalue weighted by Gasteiger charge is -2.15. The van der Waals surface area contributed by atoms with E-state index in [1.165, 1.54) is 6.07 Å². The summed E-state index contributed by atoms with van der Waals surface area (Å²) < 4.78 is 1.60. The van der Waals surface area contributed by atoms with Gasteiger partial charge in [-0.3, -0.25) is 14.0 Å². The van der Waals surface area contributed by atoms with Gasteiger partial charge in [-0.15, -0.1) is 0 Å². The number of carbonyl (C=O) groups is 2. The van der Waals surface area contributed by atoms with Crippen molar-refractivity contribution < 1.29 is 9.59 Å². The third-order valence-corrected chi connectivity index (χ3v) is 4.03. The lowest BCUT2D eigenvalue weighted by molar-refractivity contribution is 0.0922. The molecule has 0 bridgehead atoms. The Morgan fingerprint density at radius 3 is 2.59 bits per heavy atom. The first-order chi connectivity index (χ1) is 10.6. The normalized spacial score (nSPS) is 14.0. The highest BCUT2D eigenvalue weighted by Crippen LogP contribution is 2.34. The van der Waals surface area contributed by atoms with E-state index in [-0.39, 0.29) is 16.4 Å². The number of hydrogen-bond acceptors (Lipinski definition) is 3. The lowest BCUT2D eigenvalue weighted by Crippen LogP contribution is -2.30. The van der Waals surface area contributed by atoms with Gasteiger partial charge in [-0.2, -0.15) is 0 Å². The van der Waals surface area contributed by atoms with Gasteiger partial charge >= 0.3 is 0 Å². The molecule has 0 saturated carbocycles. The van der Waals surface area contributed by atoms with Crippen LogP contribution in [0.4, 0.5) is 5.69 Å². The predicted molar refractivity (Wildman–Crippen MR) is 82.8 cm³/mol. The minimum Gasteiger partial charge on any atom is -0.295 e. The predicted octanol–water partition coefficient (Wildman–Crippen LogP) is 3.44. The maximum atomic E-state index is 12.7. The first-order valence-electron chi connectivity index (χ1n) is 6.39. The molecule has 1 aliphatic rings. The molecule has 108 valence electrons. The molecule has 1 aromatic carbocycles. The van der Waals surface area contributed by atoms with Gasteiger partial charge in [-0.05, 0) is 30.3 Å². The molecule has 0 unspecified atom stereocenters. The minimum atomic E-state index is -0.493. The molecule has 0 radical (unpaired) electrons. The SMILES string of the molecule is O=C1c2nc3ccccn3c2C(=O)N1c1ccc(Cl)cc1Cl. The molecule has 0 N–H and O–H groups in total. The second kappa shape index (κ2) is 4.56. The quantitative estimate of drug-likeness (QED) is 0.642. The summed E-state index contributed by atoms with van der Waals surface area (Å²) in [5.41, 5.74) is 1.22. The molecular weight excluding hydrogens is 325 g/mol. The van der Waals surface area contributed by atoms with Crippen molar-refractivity contribution in [3.05, 3.63) is 64.0 Å². The van der Waals surface area contributed by atoms with E-state index in [0.717, 1.165) is 4.90 Å². The highest BCUT2D eigenvalue weighted by Gasteiger charge is 2.41. The van der Waals surface area contributed by atoms with Crippen LogP contribution in [0.15, 0.2) is 42.6 Å². The van der Waals surface area contributed by atoms with Crippen LogP contribution in [-0.2, 0) is 0 Å². The second-order valence-electron chi connectivity index (χ2n) is 4.78. The number of benzene rings is 1. The Labute approximate surface area is 134 Å². The number of carbonyl (C=O) groups excluding carboxylic acids is 2. The Morgan fingerprint density at radius 2 is 1.82 bits per heavy atom. The van der Waals surface area contributed by atoms with Crippen molar-refractivity contribution in [2.75, 3.05) is 4.90 Å². The molecule has 22 heavy (non-hydrogen) atoms. The summed E-state index contributed by atoms with van der Waals surface area (Å²) in [7, 11) is 0. The van der Waals surface area contributed by atoms with E-state index in [1.54, 1.807) is 40.9 Å². The number of nitrogens with zero attached hydrogens (tertiary/aromatic N) is 3. The summed E-state index contributed by atoms with van der Waals surface area (Å²) in [4.78, 5) is 30.5. The van der Waals surface area contributed by atoms with Crippen LogP contribution in [0, 0.1) is 0 Å². The fourth-order valence-electron chi connectivity index (χ4n) is 2.53. The Kier molecular flexibility index (Phi) is 2.76. The zero-order valence-electron chi connectivity index (χ0n) is 11.0. The van der Waals surface area contributed by atoms with Crippen molar-refractivity contribution in [3.8, 4) is 0 Å². The second-order valence-corrected chi connectivity index (χ2v) is 5.62. The maximum Gasteiger partial charge on any atom is 0.286 e. The molecule has 2 amide bonds. The van der Waals surface area contributed by atoms with Crippen molar-refractivity contribution in [1.82, 2.24) is 9.38 Å². The van der Waals surface area contributed by atoms with E-state index in [0.29, 0.717) is 16.4 Å². The van der Waals surface area contributed by atoms with Crippen molar-refractivity contribution in [2.24, 2.45) is 0 Å². The molecule has 0 aliphatic carbocycles. The molecule has 0 saturated heterocycles. The van der Waals surface area contributed by atoms with Gasteiger partial charge in [0, 0.05) is 11.2 Å². The Hall–Kier alpha value is -2.37. The average molecular weight is 332 g/mol. The monoisotopic (exact) mass is 331 g/mol. The molecule has 2 aromatic heterocycles. The van der Waals surface area contributed by atoms with Gasteiger partial charge in [0.2, 0.25) is 0 Å². The first kappa shape index (κ1) is 13.3. The topological polar surface area (TPSA) is 54.7 Å². The summed E-state index contributed by atoms with van der Waals surface area (Å²) in [6.07, 6.45) is 1.69. The molecule has 0 fully saturated rings. The minimum absolute atomic E-state index is 0.127. The largest absolute Gasteiger partial charge is 0.295 e. The van der Waals surface area contributed by atoms with E-state index in [1.807, 2.05) is 0 Å². The van der Waals surface area contributed by atoms with E-state index in [9.17, 15) is 9.59 Å². The molecule has 3 aromatic rings. The van der Waals surface area contributed by atoms with E-state index in [2.05, 4.69) is 4.98 Å². The van der Waals surface area contributed by atoms with Crippen LogP contribution < -0.4 is 4.90 Å². The number of aromatic nitrogens is 2. The first-order valence-corrected chi connectivity index (χ1v) is 7.14. The van der Waals surface area contributed by atoms with Crippen molar-refractivity contribution in [1.29, 1.82) is 0 Å². The summed E-state index contributed by atoms with van der Waals surface area (Å²) in [6, 6.07) is 9.90. The number of rotatable bonds is 1. The van der Waals surface area contributed by atoms with Crippen LogP contribution in [0.2, 0.25) is 10.0 Å². The summed E-state index contributed by atoms with van der Waals surface area (Å²) in [5, 5.41) is 0.659. The van der Waals surface area contributed by atoms with Gasteiger partial charge in [-0.1, -0.05) is 29.3 Å². The van der Waals surface area contributed by atoms with Crippen LogP contribution in [0.3, 0.4) is 0 Å². The number of imide groups is 1. The molecule has 0 atom stereocenters. The number of halogens is 2. The fourth-order valence-corrected chi connectivity index (χ4v) is 3.03. The van der Waals surface area contributed by atoms with Crippen molar-refractivity contribution >= 4 is 46.4 Å². The number of amides is 2. The molecule has 3 heterocycles. The summed E-state index contributed by atoms with van der Waals surface area (Å²) in [5.74, 6) is -0.948. The standard InChI is InChI=1S/C15H7Cl2N3O2/c16-8-4-5-10(9(17)7-8)20-14(21)12-13(15(20)22)19-6-2-1-3-11(19)18-12/h1-7H. The van der Waals surface area contributed by atoms with E-state index >= 15 is 0 Å². The summed E-state index contributed by atoms with van der Waals surface area (Å²) in [6.45, 7) is 0. The molecule has 7 heteroatoms. The van der Waals surface area contributed by atoms with Gasteiger partial charge in [0.25, 0.3) is 11.8 Å². The molecular formula is C15H7Cl2N3O2. The number of hydrogen-bond donors (Lipinski definition) is 0. The van der Waals surface area contributed by atoms with Gasteiger partial charge in [0.1, 0.15) is 11.3 Å². The highest BCUT2D eigenvalue weighted by molar-refractivity contribution is 6.40. The molecule has 1 aliphatic heterocycles. The fraction of sp³-hybridized carbons (Fsp3) is 0. The number of pyridine rings is 1. The lowest BCUT2D eigenvalue weighted by atomic mass is 10.3. The van der Waals surface area contributed by atoms with Gasteiger partial charge < -0.3 is 0 Å². The van der Waals surface area contributed by atoms with Crippen LogP contribution in [-0.4, -0.2) is 21.2 Å². The molecule has 5 nitrogen and oxygen atoms in total. The number of imidazole rings is 1. The average Bonchev–Trinajstić information content (AvgIpc) is 2.98. The van der Waals surface area contributed by atoms with Crippen LogP contribution in [0.5, 0.6) is 0 Å². The summed E-state index contributed by atoms with van der Waals surface area (Å²) >= 11 is 12.0. The molecule has 0 spiro atoms. The van der Waals surface area contributed by atoms with Crippen LogP contribution in [0.1, 0.15) is 21.0 Å². The maximum absolute atomic E-state index is 12.7. The number of fused-ring (bicyclic) bond motifs is 3. The number of anilines is 1. The van der Waals surface area contributed by atoms with Crippen molar-refractivity contribution in [3.63, 3.8) is 0 Å². The third-order valence-electron chi connectivity index (χ3n) is 3.49. The van der Waals surface area contributed by atoms with Gasteiger partial charge in [0.15, 0.2) is 5.69 Å². The zero-order valence-corrected chi connectivity index (χ0v) is 12.5.